The van der Waals surface area contributed by atoms with Crippen molar-refractivity contribution >= 4 is 5.97 Å². The lowest BCUT2D eigenvalue weighted by Gasteiger charge is -2.08. The maximum atomic E-state index is 10.7. The van der Waals surface area contributed by atoms with Crippen LogP contribution in [0.1, 0.15) is 38.5 Å². The zero-order valence-electron chi connectivity index (χ0n) is 7.55. The second kappa shape index (κ2) is 5.18. The van der Waals surface area contributed by atoms with Gasteiger partial charge < -0.3 is 4.74 Å². The van der Waals surface area contributed by atoms with Crippen molar-refractivity contribution in [1.29, 1.82) is 0 Å². The molecule has 1 radical (unpaired) electrons. The molecule has 1 saturated carbocycles. The van der Waals surface area contributed by atoms with Crippen molar-refractivity contribution in [1.82, 2.24) is 0 Å². The molecule has 0 aromatic heterocycles. The van der Waals surface area contributed by atoms with Crippen molar-refractivity contribution in [3.8, 4) is 0 Å². The first-order chi connectivity index (χ1) is 5.83. The largest absolute Gasteiger partial charge is 0.466 e. The molecule has 2 heteroatoms. The second-order valence-corrected chi connectivity index (χ2v) is 3.41. The maximum Gasteiger partial charge on any atom is 0.305 e. The fourth-order valence-corrected chi connectivity index (χ4v) is 1.71. The first kappa shape index (κ1) is 9.56. The lowest BCUT2D eigenvalue weighted by molar-refractivity contribution is -0.143. The third-order valence-electron chi connectivity index (χ3n) is 2.47. The molecule has 0 aromatic rings. The molecule has 0 heterocycles. The molecule has 0 N–H and O–H groups in total. The quantitative estimate of drug-likeness (QED) is 0.604. The van der Waals surface area contributed by atoms with E-state index < -0.39 is 0 Å². The van der Waals surface area contributed by atoms with E-state index >= 15 is 0 Å². The van der Waals surface area contributed by atoms with E-state index in [1.165, 1.54) is 25.7 Å². The average molecular weight is 169 g/mol. The number of esters is 1. The summed E-state index contributed by atoms with van der Waals surface area (Å²) in [7, 11) is 0. The highest BCUT2D eigenvalue weighted by atomic mass is 16.5. The van der Waals surface area contributed by atoms with Crippen LogP contribution < -0.4 is 0 Å². The highest BCUT2D eigenvalue weighted by Crippen LogP contribution is 2.27. The third-order valence-corrected chi connectivity index (χ3v) is 2.47. The van der Waals surface area contributed by atoms with Gasteiger partial charge in [-0.3, -0.25) is 4.79 Å². The summed E-state index contributed by atoms with van der Waals surface area (Å²) in [6.45, 7) is 4.06. The van der Waals surface area contributed by atoms with Crippen LogP contribution in [0.15, 0.2) is 0 Å². The Labute approximate surface area is 74.3 Å². The van der Waals surface area contributed by atoms with Crippen LogP contribution >= 0.6 is 0 Å². The number of hydrogen-bond acceptors (Lipinski definition) is 2. The Bertz CT molecular complexity index is 137. The highest BCUT2D eigenvalue weighted by molar-refractivity contribution is 5.69. The molecule has 0 aromatic carbocycles. The monoisotopic (exact) mass is 169 g/mol. The number of ether oxygens (including phenoxy) is 1. The molecule has 2 nitrogen and oxygen atoms in total. The van der Waals surface area contributed by atoms with Crippen molar-refractivity contribution in [2.75, 3.05) is 6.61 Å². The second-order valence-electron chi connectivity index (χ2n) is 3.41. The standard InChI is InChI=1S/C10H17O2/c1-2-10(11)12-8-7-9-5-3-4-6-9/h9H,1-8H2. The van der Waals surface area contributed by atoms with Gasteiger partial charge in [-0.15, -0.1) is 0 Å². The maximum absolute atomic E-state index is 10.7. The Balaban J connectivity index is 1.97. The number of rotatable bonds is 4. The van der Waals surface area contributed by atoms with Crippen LogP contribution in [0.4, 0.5) is 0 Å². The van der Waals surface area contributed by atoms with Gasteiger partial charge in [0, 0.05) is 6.42 Å². The number of carbonyl (C=O) groups excluding carboxylic acids is 1. The van der Waals surface area contributed by atoms with Crippen LogP contribution in [-0.4, -0.2) is 12.6 Å². The van der Waals surface area contributed by atoms with Gasteiger partial charge in [0.1, 0.15) is 0 Å². The molecule has 1 aliphatic rings. The zero-order valence-corrected chi connectivity index (χ0v) is 7.55. The Morgan fingerprint density at radius 1 is 1.42 bits per heavy atom. The lowest BCUT2D eigenvalue weighted by Crippen LogP contribution is -2.07. The SMILES string of the molecule is [CH2]CC(=O)OCCC1CCCC1. The van der Waals surface area contributed by atoms with Gasteiger partial charge in [-0.1, -0.05) is 25.7 Å². The molecular formula is C10H17O2. The van der Waals surface area contributed by atoms with Gasteiger partial charge in [-0.25, -0.2) is 0 Å². The summed E-state index contributed by atoms with van der Waals surface area (Å²) >= 11 is 0. The molecule has 0 unspecified atom stereocenters. The van der Waals surface area contributed by atoms with Gasteiger partial charge in [0.15, 0.2) is 0 Å². The van der Waals surface area contributed by atoms with Crippen molar-refractivity contribution < 1.29 is 9.53 Å². The molecule has 0 amide bonds. The summed E-state index contributed by atoms with van der Waals surface area (Å²) in [5.41, 5.74) is 0. The van der Waals surface area contributed by atoms with E-state index in [2.05, 4.69) is 6.92 Å². The van der Waals surface area contributed by atoms with Gasteiger partial charge in [-0.2, -0.15) is 0 Å². The summed E-state index contributed by atoms with van der Waals surface area (Å²) in [5, 5.41) is 0. The third kappa shape index (κ3) is 3.24. The lowest BCUT2D eigenvalue weighted by atomic mass is 10.1. The molecule has 0 saturated heterocycles. The topological polar surface area (TPSA) is 26.3 Å². The van der Waals surface area contributed by atoms with E-state index in [1.807, 2.05) is 0 Å². The zero-order chi connectivity index (χ0) is 8.81. The Hall–Kier alpha value is -0.530. The van der Waals surface area contributed by atoms with E-state index in [0.29, 0.717) is 6.61 Å². The first-order valence-corrected chi connectivity index (χ1v) is 4.78. The van der Waals surface area contributed by atoms with E-state index in [1.54, 1.807) is 0 Å². The van der Waals surface area contributed by atoms with Gasteiger partial charge in [-0.05, 0) is 19.3 Å². The van der Waals surface area contributed by atoms with Crippen molar-refractivity contribution in [2.24, 2.45) is 5.92 Å². The van der Waals surface area contributed by atoms with Crippen LogP contribution in [0.5, 0.6) is 0 Å². The Kier molecular flexibility index (Phi) is 4.12. The molecule has 1 rings (SSSR count). The summed E-state index contributed by atoms with van der Waals surface area (Å²) < 4.78 is 4.95. The molecule has 0 aliphatic heterocycles. The molecule has 0 atom stereocenters. The molecule has 1 aliphatic carbocycles. The fraction of sp³-hybridized carbons (Fsp3) is 0.800. The van der Waals surface area contributed by atoms with Crippen molar-refractivity contribution in [3.63, 3.8) is 0 Å². The summed E-state index contributed by atoms with van der Waals surface area (Å²) in [4.78, 5) is 10.7. The molecule has 1 fully saturated rings. The predicted octanol–water partition coefficient (Wildman–Crippen LogP) is 2.33. The summed E-state index contributed by atoms with van der Waals surface area (Å²) in [6, 6.07) is 0. The van der Waals surface area contributed by atoms with Crippen LogP contribution in [0.2, 0.25) is 0 Å². The van der Waals surface area contributed by atoms with E-state index in [0.717, 1.165) is 12.3 Å². The average Bonchev–Trinajstić information content (AvgIpc) is 2.57. The Morgan fingerprint density at radius 3 is 2.67 bits per heavy atom. The van der Waals surface area contributed by atoms with E-state index in [-0.39, 0.29) is 12.4 Å². The van der Waals surface area contributed by atoms with E-state index in [4.69, 9.17) is 4.74 Å². The minimum atomic E-state index is -0.173. The molecule has 12 heavy (non-hydrogen) atoms. The predicted molar refractivity (Wildman–Crippen MR) is 47.5 cm³/mol. The van der Waals surface area contributed by atoms with Gasteiger partial charge in [0.25, 0.3) is 0 Å². The smallest absolute Gasteiger partial charge is 0.305 e. The minimum absolute atomic E-state index is 0.173. The number of hydrogen-bond donors (Lipinski definition) is 0. The number of carbonyl (C=O) groups is 1. The highest BCUT2D eigenvalue weighted by Gasteiger charge is 2.14. The van der Waals surface area contributed by atoms with E-state index in [9.17, 15) is 4.79 Å². The fourth-order valence-electron chi connectivity index (χ4n) is 1.71. The molecular weight excluding hydrogens is 152 g/mol. The molecule has 0 bridgehead atoms. The molecule has 0 spiro atoms. The van der Waals surface area contributed by atoms with Gasteiger partial charge in [0.05, 0.1) is 6.61 Å². The Morgan fingerprint density at radius 2 is 2.08 bits per heavy atom. The van der Waals surface area contributed by atoms with Crippen LogP contribution in [0.3, 0.4) is 0 Å². The summed E-state index contributed by atoms with van der Waals surface area (Å²) in [6.07, 6.45) is 6.65. The summed E-state index contributed by atoms with van der Waals surface area (Å²) in [5.74, 6) is 0.635. The molecule has 69 valence electrons. The van der Waals surface area contributed by atoms with Gasteiger partial charge in [0.2, 0.25) is 0 Å². The van der Waals surface area contributed by atoms with Gasteiger partial charge >= 0.3 is 5.97 Å². The minimum Gasteiger partial charge on any atom is -0.466 e. The normalized spacial score (nSPS) is 18.1. The van der Waals surface area contributed by atoms with Crippen LogP contribution in [0.25, 0.3) is 0 Å². The van der Waals surface area contributed by atoms with Crippen LogP contribution in [-0.2, 0) is 9.53 Å². The van der Waals surface area contributed by atoms with Crippen molar-refractivity contribution in [2.45, 2.75) is 38.5 Å². The van der Waals surface area contributed by atoms with Crippen LogP contribution in [0, 0.1) is 12.8 Å². The van der Waals surface area contributed by atoms with Crippen molar-refractivity contribution in [3.05, 3.63) is 6.92 Å². The first-order valence-electron chi connectivity index (χ1n) is 4.78.